The summed E-state index contributed by atoms with van der Waals surface area (Å²) in [4.78, 5) is 1.38. The van der Waals surface area contributed by atoms with Crippen LogP contribution in [0, 0.1) is 0 Å². The molecule has 76 valence electrons. The molecule has 0 saturated carbocycles. The van der Waals surface area contributed by atoms with E-state index in [1.807, 2.05) is 17.8 Å². The van der Waals surface area contributed by atoms with Gasteiger partial charge in [0.1, 0.15) is 0 Å². The van der Waals surface area contributed by atoms with E-state index in [0.717, 1.165) is 17.2 Å². The largest absolute Gasteiger partial charge is 0.328 e. The van der Waals surface area contributed by atoms with Crippen LogP contribution in [-0.2, 0) is 0 Å². The minimum Gasteiger partial charge on any atom is -0.328 e. The first-order chi connectivity index (χ1) is 6.66. The quantitative estimate of drug-likeness (QED) is 0.840. The van der Waals surface area contributed by atoms with Gasteiger partial charge in [-0.3, -0.25) is 0 Å². The van der Waals surface area contributed by atoms with Gasteiger partial charge in [0.2, 0.25) is 0 Å². The van der Waals surface area contributed by atoms with Crippen molar-refractivity contribution >= 4 is 23.4 Å². The normalized spacial score (nSPS) is 22.1. The van der Waals surface area contributed by atoms with Gasteiger partial charge in [0.15, 0.2) is 0 Å². The van der Waals surface area contributed by atoms with Crippen LogP contribution in [0.25, 0.3) is 0 Å². The van der Waals surface area contributed by atoms with Gasteiger partial charge < -0.3 is 5.73 Å². The van der Waals surface area contributed by atoms with E-state index in [1.165, 1.54) is 10.5 Å². The Morgan fingerprint density at radius 1 is 1.64 bits per heavy atom. The zero-order chi connectivity index (χ0) is 10.1. The summed E-state index contributed by atoms with van der Waals surface area (Å²) in [6.45, 7) is 2.06. The monoisotopic (exact) mass is 227 g/mol. The Morgan fingerprint density at radius 3 is 3.14 bits per heavy atom. The highest BCUT2D eigenvalue weighted by atomic mass is 35.5. The van der Waals surface area contributed by atoms with Crippen LogP contribution in [0.1, 0.15) is 24.8 Å². The molecule has 1 nitrogen and oxygen atoms in total. The third-order valence-corrected chi connectivity index (χ3v) is 3.99. The summed E-state index contributed by atoms with van der Waals surface area (Å²) >= 11 is 7.90. The molecule has 1 aromatic carbocycles. The summed E-state index contributed by atoms with van der Waals surface area (Å²) in [6, 6.07) is 6.43. The molecule has 0 fully saturated rings. The lowest BCUT2D eigenvalue weighted by Crippen LogP contribution is -2.18. The van der Waals surface area contributed by atoms with Crippen molar-refractivity contribution < 1.29 is 0 Å². The van der Waals surface area contributed by atoms with Crippen molar-refractivity contribution in [2.45, 2.75) is 30.2 Å². The number of nitrogens with two attached hydrogens (primary N) is 1. The molecule has 2 unspecified atom stereocenters. The second-order valence-electron chi connectivity index (χ2n) is 3.90. The summed E-state index contributed by atoms with van der Waals surface area (Å²) in [5.74, 6) is 1.74. The van der Waals surface area contributed by atoms with E-state index in [1.54, 1.807) is 0 Å². The summed E-state index contributed by atoms with van der Waals surface area (Å²) in [6.07, 6.45) is 1.06. The number of thioether (sulfide) groups is 1. The maximum Gasteiger partial charge on any atom is 0.0409 e. The third-order valence-electron chi connectivity index (χ3n) is 2.51. The molecule has 1 aromatic rings. The molecule has 0 aliphatic carbocycles. The van der Waals surface area contributed by atoms with E-state index in [2.05, 4.69) is 19.1 Å². The molecule has 0 amide bonds. The minimum atomic E-state index is 0.269. The van der Waals surface area contributed by atoms with E-state index in [-0.39, 0.29) is 6.04 Å². The van der Waals surface area contributed by atoms with Crippen molar-refractivity contribution in [2.24, 2.45) is 5.73 Å². The van der Waals surface area contributed by atoms with Crippen LogP contribution in [0.15, 0.2) is 23.1 Å². The van der Waals surface area contributed by atoms with Gasteiger partial charge in [-0.05, 0) is 43.0 Å². The molecule has 2 rings (SSSR count). The summed E-state index contributed by atoms with van der Waals surface area (Å²) in [7, 11) is 0. The van der Waals surface area contributed by atoms with Crippen LogP contribution in [0.3, 0.4) is 0 Å². The molecule has 3 heteroatoms. The maximum atomic E-state index is 5.98. The zero-order valence-corrected chi connectivity index (χ0v) is 9.74. The molecule has 1 aliphatic heterocycles. The molecular weight excluding hydrogens is 214 g/mol. The molecule has 2 N–H and O–H groups in total. The van der Waals surface area contributed by atoms with Crippen molar-refractivity contribution in [1.82, 2.24) is 0 Å². The van der Waals surface area contributed by atoms with Gasteiger partial charge in [-0.1, -0.05) is 11.6 Å². The van der Waals surface area contributed by atoms with E-state index in [9.17, 15) is 0 Å². The number of hydrogen-bond donors (Lipinski definition) is 1. The summed E-state index contributed by atoms with van der Waals surface area (Å²) in [5, 5.41) is 0.834. The number of fused-ring (bicyclic) bond motifs is 1. The molecule has 0 radical (unpaired) electrons. The number of halogens is 1. The van der Waals surface area contributed by atoms with Crippen molar-refractivity contribution in [3.63, 3.8) is 0 Å². The fraction of sp³-hybridized carbons (Fsp3) is 0.455. The topological polar surface area (TPSA) is 26.0 Å². The second kappa shape index (κ2) is 4.13. The Bertz CT molecular complexity index is 338. The van der Waals surface area contributed by atoms with Gasteiger partial charge in [0.25, 0.3) is 0 Å². The van der Waals surface area contributed by atoms with Gasteiger partial charge in [-0.2, -0.15) is 0 Å². The first-order valence-corrected chi connectivity index (χ1v) is 6.21. The lowest BCUT2D eigenvalue weighted by molar-refractivity contribution is 0.593. The number of hydrogen-bond acceptors (Lipinski definition) is 2. The first-order valence-electron chi connectivity index (χ1n) is 4.84. The Morgan fingerprint density at radius 2 is 2.43 bits per heavy atom. The SMILES string of the molecule is CC(N)CC1CSc2ccc(Cl)cc21. The van der Waals surface area contributed by atoms with Crippen molar-refractivity contribution in [1.29, 1.82) is 0 Å². The van der Waals surface area contributed by atoms with Crippen molar-refractivity contribution in [2.75, 3.05) is 5.75 Å². The van der Waals surface area contributed by atoms with Crippen LogP contribution in [0.4, 0.5) is 0 Å². The van der Waals surface area contributed by atoms with E-state index in [0.29, 0.717) is 5.92 Å². The van der Waals surface area contributed by atoms with Crippen LogP contribution in [0.5, 0.6) is 0 Å². The van der Waals surface area contributed by atoms with Gasteiger partial charge in [0.05, 0.1) is 0 Å². The molecule has 0 saturated heterocycles. The Hall–Kier alpha value is -0.180. The molecular formula is C11H14ClNS. The molecule has 0 aromatic heterocycles. The van der Waals surface area contributed by atoms with E-state index < -0.39 is 0 Å². The Balaban J connectivity index is 2.24. The Kier molecular flexibility index (Phi) is 3.05. The van der Waals surface area contributed by atoms with E-state index >= 15 is 0 Å². The average Bonchev–Trinajstić information content (AvgIpc) is 2.47. The summed E-state index contributed by atoms with van der Waals surface area (Å²) in [5.41, 5.74) is 7.21. The van der Waals surface area contributed by atoms with Gasteiger partial charge in [-0.15, -0.1) is 11.8 Å². The lowest BCUT2D eigenvalue weighted by Gasteiger charge is -2.13. The zero-order valence-electron chi connectivity index (χ0n) is 8.16. The average molecular weight is 228 g/mol. The van der Waals surface area contributed by atoms with Crippen molar-refractivity contribution in [3.8, 4) is 0 Å². The standard InChI is InChI=1S/C11H14ClNS/c1-7(13)4-8-6-14-11-3-2-9(12)5-10(8)11/h2-3,5,7-8H,4,6,13H2,1H3. The predicted octanol–water partition coefficient (Wildman–Crippen LogP) is 3.27. The van der Waals surface area contributed by atoms with E-state index in [4.69, 9.17) is 17.3 Å². The summed E-state index contributed by atoms with van der Waals surface area (Å²) < 4.78 is 0. The number of benzene rings is 1. The fourth-order valence-corrected chi connectivity index (χ4v) is 3.33. The van der Waals surface area contributed by atoms with Crippen molar-refractivity contribution in [3.05, 3.63) is 28.8 Å². The molecule has 14 heavy (non-hydrogen) atoms. The molecule has 0 bridgehead atoms. The van der Waals surface area contributed by atoms with Crippen LogP contribution in [-0.4, -0.2) is 11.8 Å². The Labute approximate surface area is 94.0 Å². The fourth-order valence-electron chi connectivity index (χ4n) is 1.89. The molecule has 0 spiro atoms. The lowest BCUT2D eigenvalue weighted by atomic mass is 9.95. The third kappa shape index (κ3) is 2.08. The predicted molar refractivity (Wildman–Crippen MR) is 63.2 cm³/mol. The molecule has 1 aliphatic rings. The molecule has 1 heterocycles. The van der Waals surface area contributed by atoms with Gasteiger partial charge in [0, 0.05) is 21.7 Å². The highest BCUT2D eigenvalue weighted by molar-refractivity contribution is 7.99. The smallest absolute Gasteiger partial charge is 0.0409 e. The first kappa shape index (κ1) is 10.3. The molecule has 2 atom stereocenters. The van der Waals surface area contributed by atoms with Gasteiger partial charge in [-0.25, -0.2) is 0 Å². The van der Waals surface area contributed by atoms with Crippen LogP contribution >= 0.6 is 23.4 Å². The van der Waals surface area contributed by atoms with Gasteiger partial charge >= 0.3 is 0 Å². The minimum absolute atomic E-state index is 0.269. The van der Waals surface area contributed by atoms with Crippen LogP contribution in [0.2, 0.25) is 5.02 Å². The van der Waals surface area contributed by atoms with Crippen LogP contribution < -0.4 is 5.73 Å². The number of rotatable bonds is 2. The highest BCUT2D eigenvalue weighted by Gasteiger charge is 2.23. The second-order valence-corrected chi connectivity index (χ2v) is 5.40. The highest BCUT2D eigenvalue weighted by Crippen LogP contribution is 2.42. The maximum absolute atomic E-state index is 5.98.